The highest BCUT2D eigenvalue weighted by atomic mass is 16.5. The summed E-state index contributed by atoms with van der Waals surface area (Å²) in [7, 11) is 1.38. The lowest BCUT2D eigenvalue weighted by Gasteiger charge is -2.38. The summed E-state index contributed by atoms with van der Waals surface area (Å²) in [4.78, 5) is 12.8. The summed E-state index contributed by atoms with van der Waals surface area (Å²) in [6.07, 6.45) is -0.363. The molecule has 5 atom stereocenters. The Balaban J connectivity index is 1.97. The molecule has 3 N–H and O–H groups in total. The summed E-state index contributed by atoms with van der Waals surface area (Å²) in [5.41, 5.74) is -0.331. The molecule has 2 bridgehead atoms. The highest BCUT2D eigenvalue weighted by molar-refractivity contribution is 6.04. The van der Waals surface area contributed by atoms with E-state index in [-0.39, 0.29) is 40.4 Å². The zero-order valence-electron chi connectivity index (χ0n) is 12.4. The van der Waals surface area contributed by atoms with Crippen LogP contribution in [0.5, 0.6) is 17.2 Å². The lowest BCUT2D eigenvalue weighted by atomic mass is 9.64. The standard InChI is InChI=1S/C16H18O6/c1-16-5-7-6(3-10(16)18)13(19)11-8(17)4-9(21-2)14(20)12(11)15(7)22-16/h4,6-7,10,15,17-18,20H,3,5H2,1-2H3/t6-,7-,10+,15-,16+/m0/s1. The summed E-state index contributed by atoms with van der Waals surface area (Å²) in [5, 5.41) is 31.0. The Labute approximate surface area is 127 Å². The number of ketones is 1. The van der Waals surface area contributed by atoms with Gasteiger partial charge in [-0.05, 0) is 19.8 Å². The highest BCUT2D eigenvalue weighted by Crippen LogP contribution is 2.61. The summed E-state index contributed by atoms with van der Waals surface area (Å²) in [5.74, 6) is -0.992. The lowest BCUT2D eigenvalue weighted by Crippen LogP contribution is -2.45. The number of aliphatic hydroxyl groups is 1. The number of fused-ring (bicyclic) bond motifs is 3. The first-order valence-corrected chi connectivity index (χ1v) is 7.40. The lowest BCUT2D eigenvalue weighted by molar-refractivity contribution is -0.104. The number of carbonyl (C=O) groups excluding carboxylic acids is 1. The van der Waals surface area contributed by atoms with Crippen molar-refractivity contribution in [3.8, 4) is 17.2 Å². The van der Waals surface area contributed by atoms with Crippen molar-refractivity contribution in [1.29, 1.82) is 0 Å². The molecule has 0 spiro atoms. The van der Waals surface area contributed by atoms with Gasteiger partial charge in [-0.25, -0.2) is 0 Å². The number of methoxy groups -OCH3 is 1. The van der Waals surface area contributed by atoms with Crippen LogP contribution in [-0.4, -0.2) is 39.9 Å². The predicted molar refractivity (Wildman–Crippen MR) is 75.1 cm³/mol. The van der Waals surface area contributed by atoms with E-state index < -0.39 is 17.8 Å². The van der Waals surface area contributed by atoms with Crippen LogP contribution in [-0.2, 0) is 4.74 Å². The number of rotatable bonds is 1. The van der Waals surface area contributed by atoms with Crippen molar-refractivity contribution in [3.63, 3.8) is 0 Å². The number of aromatic hydroxyl groups is 2. The van der Waals surface area contributed by atoms with Gasteiger partial charge in [0.25, 0.3) is 0 Å². The fraction of sp³-hybridized carbons (Fsp3) is 0.562. The minimum absolute atomic E-state index is 0.0918. The number of phenolic OH excluding ortho intramolecular Hbond substituents is 2. The average molecular weight is 306 g/mol. The van der Waals surface area contributed by atoms with E-state index in [1.807, 2.05) is 6.92 Å². The molecule has 3 aliphatic rings. The maximum absolute atomic E-state index is 12.8. The third kappa shape index (κ3) is 1.49. The van der Waals surface area contributed by atoms with E-state index in [0.29, 0.717) is 18.4 Å². The third-order valence-electron chi connectivity index (χ3n) is 5.49. The molecular weight excluding hydrogens is 288 g/mol. The predicted octanol–water partition coefficient (Wildman–Crippen LogP) is 1.52. The SMILES string of the molecule is COc1cc(O)c2c(c1O)[C@H]1O[C@]3(C)C[C@H]1[C@H](C[C@H]3O)C2=O. The molecule has 2 fully saturated rings. The summed E-state index contributed by atoms with van der Waals surface area (Å²) in [6, 6.07) is 1.24. The van der Waals surface area contributed by atoms with Gasteiger partial charge in [0.2, 0.25) is 0 Å². The molecule has 1 saturated heterocycles. The number of benzene rings is 1. The van der Waals surface area contributed by atoms with Crippen molar-refractivity contribution >= 4 is 5.78 Å². The topological polar surface area (TPSA) is 96.2 Å². The first-order chi connectivity index (χ1) is 10.4. The molecule has 0 amide bonds. The molecule has 0 radical (unpaired) electrons. The van der Waals surface area contributed by atoms with Crippen LogP contribution in [0.15, 0.2) is 6.07 Å². The maximum atomic E-state index is 12.8. The average Bonchev–Trinajstić information content (AvgIpc) is 2.80. The maximum Gasteiger partial charge on any atom is 0.170 e. The normalized spacial score (nSPS) is 38.8. The van der Waals surface area contributed by atoms with Crippen molar-refractivity contribution in [3.05, 3.63) is 17.2 Å². The molecule has 22 heavy (non-hydrogen) atoms. The first-order valence-electron chi connectivity index (χ1n) is 7.40. The van der Waals surface area contributed by atoms with E-state index in [2.05, 4.69) is 0 Å². The van der Waals surface area contributed by atoms with Crippen LogP contribution in [0.3, 0.4) is 0 Å². The van der Waals surface area contributed by atoms with E-state index >= 15 is 0 Å². The molecule has 118 valence electrons. The van der Waals surface area contributed by atoms with E-state index in [1.165, 1.54) is 13.2 Å². The van der Waals surface area contributed by atoms with Crippen LogP contribution >= 0.6 is 0 Å². The molecule has 2 aliphatic carbocycles. The molecule has 1 aromatic rings. The molecule has 1 aromatic carbocycles. The van der Waals surface area contributed by atoms with Crippen LogP contribution in [0.25, 0.3) is 0 Å². The molecule has 6 heteroatoms. The number of ether oxygens (including phenoxy) is 2. The van der Waals surface area contributed by atoms with Crippen molar-refractivity contribution in [1.82, 2.24) is 0 Å². The van der Waals surface area contributed by atoms with Crippen LogP contribution in [0.2, 0.25) is 0 Å². The van der Waals surface area contributed by atoms with Gasteiger partial charge in [0.05, 0.1) is 30.5 Å². The van der Waals surface area contributed by atoms with Gasteiger partial charge < -0.3 is 24.8 Å². The van der Waals surface area contributed by atoms with Crippen molar-refractivity contribution in [2.75, 3.05) is 7.11 Å². The Morgan fingerprint density at radius 2 is 2.14 bits per heavy atom. The van der Waals surface area contributed by atoms with Gasteiger partial charge >= 0.3 is 0 Å². The number of phenols is 2. The number of Topliss-reactive ketones (excluding diaryl/α,β-unsaturated/α-hetero) is 1. The largest absolute Gasteiger partial charge is 0.507 e. The molecule has 1 aliphatic heterocycles. The summed E-state index contributed by atoms with van der Waals surface area (Å²) in [6.45, 7) is 1.83. The molecule has 1 heterocycles. The molecule has 4 rings (SSSR count). The number of carbonyl (C=O) groups is 1. The number of hydrogen-bond acceptors (Lipinski definition) is 6. The fourth-order valence-electron chi connectivity index (χ4n) is 4.34. The van der Waals surface area contributed by atoms with E-state index in [4.69, 9.17) is 9.47 Å². The fourth-order valence-corrected chi connectivity index (χ4v) is 4.34. The Morgan fingerprint density at radius 3 is 2.82 bits per heavy atom. The van der Waals surface area contributed by atoms with Crippen molar-refractivity contribution in [2.45, 2.75) is 37.6 Å². The van der Waals surface area contributed by atoms with Gasteiger partial charge in [-0.1, -0.05) is 0 Å². The Bertz CT molecular complexity index is 684. The van der Waals surface area contributed by atoms with Gasteiger partial charge in [0, 0.05) is 23.5 Å². The van der Waals surface area contributed by atoms with Crippen LogP contribution in [0.1, 0.15) is 41.8 Å². The minimum atomic E-state index is -0.733. The van der Waals surface area contributed by atoms with Gasteiger partial charge in [-0.3, -0.25) is 4.79 Å². The Hall–Kier alpha value is -1.79. The summed E-state index contributed by atoms with van der Waals surface area (Å²) < 4.78 is 11.1. The van der Waals surface area contributed by atoms with Gasteiger partial charge in [0.15, 0.2) is 17.3 Å². The van der Waals surface area contributed by atoms with Crippen molar-refractivity contribution < 1.29 is 29.6 Å². The van der Waals surface area contributed by atoms with Crippen LogP contribution in [0, 0.1) is 11.8 Å². The smallest absolute Gasteiger partial charge is 0.170 e. The van der Waals surface area contributed by atoms with E-state index in [9.17, 15) is 20.1 Å². The molecule has 0 unspecified atom stereocenters. The van der Waals surface area contributed by atoms with Crippen LogP contribution < -0.4 is 4.74 Å². The zero-order valence-corrected chi connectivity index (χ0v) is 12.4. The molecule has 1 saturated carbocycles. The van der Waals surface area contributed by atoms with Gasteiger partial charge in [-0.2, -0.15) is 0 Å². The monoisotopic (exact) mass is 306 g/mol. The van der Waals surface area contributed by atoms with E-state index in [0.717, 1.165) is 0 Å². The highest BCUT2D eigenvalue weighted by Gasteiger charge is 2.61. The van der Waals surface area contributed by atoms with E-state index in [1.54, 1.807) is 0 Å². The quantitative estimate of drug-likeness (QED) is 0.681. The van der Waals surface area contributed by atoms with Crippen molar-refractivity contribution in [2.24, 2.45) is 11.8 Å². The van der Waals surface area contributed by atoms with Gasteiger partial charge in [0.1, 0.15) is 5.75 Å². The van der Waals surface area contributed by atoms with Crippen LogP contribution in [0.4, 0.5) is 0 Å². The Kier molecular flexibility index (Phi) is 2.61. The molecule has 0 aromatic heterocycles. The minimum Gasteiger partial charge on any atom is -0.507 e. The van der Waals surface area contributed by atoms with Gasteiger partial charge in [-0.15, -0.1) is 0 Å². The second-order valence-corrected chi connectivity index (χ2v) is 6.68. The summed E-state index contributed by atoms with van der Waals surface area (Å²) >= 11 is 0. The Morgan fingerprint density at radius 1 is 1.41 bits per heavy atom. The molecule has 6 nitrogen and oxygen atoms in total. The first kappa shape index (κ1) is 13.8. The zero-order chi connectivity index (χ0) is 15.8. The third-order valence-corrected chi connectivity index (χ3v) is 5.49. The second-order valence-electron chi connectivity index (χ2n) is 6.68. The number of hydrogen-bond donors (Lipinski definition) is 3. The molecular formula is C16H18O6. The number of aliphatic hydroxyl groups excluding tert-OH is 1. The second kappa shape index (κ2) is 4.14.